The number of likely N-dealkylation sites (tertiary alicyclic amines) is 1. The molecule has 5 heteroatoms. The van der Waals surface area contributed by atoms with Crippen LogP contribution in [-0.4, -0.2) is 29.8 Å². The van der Waals surface area contributed by atoms with Crippen molar-refractivity contribution in [2.75, 3.05) is 13.7 Å². The van der Waals surface area contributed by atoms with Crippen LogP contribution >= 0.6 is 0 Å². The highest BCUT2D eigenvalue weighted by Crippen LogP contribution is 2.35. The monoisotopic (exact) mass is 330 g/mol. The molecule has 1 aromatic carbocycles. The Bertz CT molecular complexity index is 681. The van der Waals surface area contributed by atoms with Gasteiger partial charge in [0.2, 0.25) is 0 Å². The molecule has 0 N–H and O–H groups in total. The summed E-state index contributed by atoms with van der Waals surface area (Å²) in [6, 6.07) is 8.56. The first-order valence-electron chi connectivity index (χ1n) is 8.57. The van der Waals surface area contributed by atoms with Crippen molar-refractivity contribution in [3.05, 3.63) is 41.3 Å². The van der Waals surface area contributed by atoms with Crippen LogP contribution in [0, 0.1) is 6.92 Å². The van der Waals surface area contributed by atoms with E-state index in [-0.39, 0.29) is 6.10 Å². The molecule has 24 heavy (non-hydrogen) atoms. The molecule has 1 unspecified atom stereocenters. The second kappa shape index (κ2) is 7.26. The van der Waals surface area contributed by atoms with Crippen molar-refractivity contribution in [3.63, 3.8) is 0 Å². The van der Waals surface area contributed by atoms with Crippen LogP contribution in [0.2, 0.25) is 0 Å². The molecule has 130 valence electrons. The summed E-state index contributed by atoms with van der Waals surface area (Å²) in [7, 11) is 1.68. The van der Waals surface area contributed by atoms with Gasteiger partial charge in [0.25, 0.3) is 0 Å². The zero-order valence-electron chi connectivity index (χ0n) is 14.9. The summed E-state index contributed by atoms with van der Waals surface area (Å²) in [5.74, 6) is 2.45. The first kappa shape index (κ1) is 16.8. The Balaban J connectivity index is 1.75. The molecule has 3 rings (SSSR count). The van der Waals surface area contributed by atoms with E-state index in [2.05, 4.69) is 22.2 Å². The maximum Gasteiger partial charge on any atom is 0.161 e. The molecule has 0 radical (unpaired) electrons. The number of hydrogen-bond acceptors (Lipinski definition) is 5. The topological polar surface area (TPSA) is 47.7 Å². The average Bonchev–Trinajstić information content (AvgIpc) is 3.17. The summed E-state index contributed by atoms with van der Waals surface area (Å²) in [6.07, 6.45) is 2.43. The van der Waals surface area contributed by atoms with Gasteiger partial charge in [0.05, 0.1) is 19.3 Å². The third-order valence-electron chi connectivity index (χ3n) is 4.33. The minimum absolute atomic E-state index is 0.128. The highest BCUT2D eigenvalue weighted by Gasteiger charge is 2.28. The first-order chi connectivity index (χ1) is 11.6. The van der Waals surface area contributed by atoms with E-state index in [1.807, 2.05) is 32.9 Å². The lowest BCUT2D eigenvalue weighted by molar-refractivity contribution is 0.227. The SMILES string of the molecule is COc1cc(CN2CCCC2c2cc(C)on2)ccc1OC(C)C. The van der Waals surface area contributed by atoms with E-state index in [1.165, 1.54) is 12.0 Å². The minimum Gasteiger partial charge on any atom is -0.493 e. The van der Waals surface area contributed by atoms with Crippen LogP contribution in [0.4, 0.5) is 0 Å². The highest BCUT2D eigenvalue weighted by molar-refractivity contribution is 5.43. The number of ether oxygens (including phenoxy) is 2. The summed E-state index contributed by atoms with van der Waals surface area (Å²) >= 11 is 0. The Morgan fingerprint density at radius 1 is 1.29 bits per heavy atom. The van der Waals surface area contributed by atoms with Crippen molar-refractivity contribution in [1.29, 1.82) is 0 Å². The maximum absolute atomic E-state index is 5.79. The second-order valence-electron chi connectivity index (χ2n) is 6.64. The van der Waals surface area contributed by atoms with Crippen molar-refractivity contribution in [2.45, 2.75) is 52.3 Å². The normalized spacial score (nSPS) is 18.3. The predicted molar refractivity (Wildman–Crippen MR) is 92.4 cm³/mol. The van der Waals surface area contributed by atoms with Gasteiger partial charge in [0, 0.05) is 12.6 Å². The smallest absolute Gasteiger partial charge is 0.161 e. The average molecular weight is 330 g/mol. The van der Waals surface area contributed by atoms with Gasteiger partial charge in [-0.3, -0.25) is 4.90 Å². The van der Waals surface area contributed by atoms with Crippen LogP contribution in [0.25, 0.3) is 0 Å². The summed E-state index contributed by atoms with van der Waals surface area (Å²) in [4.78, 5) is 2.45. The van der Waals surface area contributed by atoms with E-state index in [0.717, 1.165) is 42.5 Å². The van der Waals surface area contributed by atoms with Gasteiger partial charge >= 0.3 is 0 Å². The Morgan fingerprint density at radius 3 is 2.79 bits per heavy atom. The van der Waals surface area contributed by atoms with E-state index in [4.69, 9.17) is 14.0 Å². The lowest BCUT2D eigenvalue weighted by Crippen LogP contribution is -2.23. The van der Waals surface area contributed by atoms with Crippen molar-refractivity contribution in [2.24, 2.45) is 0 Å². The van der Waals surface area contributed by atoms with Gasteiger partial charge in [0.1, 0.15) is 11.5 Å². The van der Waals surface area contributed by atoms with Gasteiger partial charge < -0.3 is 14.0 Å². The molecule has 0 spiro atoms. The van der Waals surface area contributed by atoms with Crippen molar-refractivity contribution in [3.8, 4) is 11.5 Å². The molecule has 2 aromatic rings. The van der Waals surface area contributed by atoms with Gasteiger partial charge in [-0.05, 0) is 57.9 Å². The van der Waals surface area contributed by atoms with Crippen molar-refractivity contribution >= 4 is 0 Å². The van der Waals surface area contributed by atoms with Crippen LogP contribution in [0.3, 0.4) is 0 Å². The van der Waals surface area contributed by atoms with E-state index in [0.29, 0.717) is 6.04 Å². The molecule has 0 bridgehead atoms. The van der Waals surface area contributed by atoms with Crippen molar-refractivity contribution < 1.29 is 14.0 Å². The third-order valence-corrected chi connectivity index (χ3v) is 4.33. The molecule has 5 nitrogen and oxygen atoms in total. The van der Waals surface area contributed by atoms with E-state index >= 15 is 0 Å². The fourth-order valence-electron chi connectivity index (χ4n) is 3.29. The molecule has 1 saturated heterocycles. The molecule has 0 aliphatic carbocycles. The maximum atomic E-state index is 5.79. The first-order valence-corrected chi connectivity index (χ1v) is 8.57. The van der Waals surface area contributed by atoms with Gasteiger partial charge in [0.15, 0.2) is 11.5 Å². The number of aryl methyl sites for hydroxylation is 1. The molecule has 0 saturated carbocycles. The number of methoxy groups -OCH3 is 1. The second-order valence-corrected chi connectivity index (χ2v) is 6.64. The minimum atomic E-state index is 0.128. The fourth-order valence-corrected chi connectivity index (χ4v) is 3.29. The van der Waals surface area contributed by atoms with E-state index < -0.39 is 0 Å². The fraction of sp³-hybridized carbons (Fsp3) is 0.526. The lowest BCUT2D eigenvalue weighted by Gasteiger charge is -2.23. The van der Waals surface area contributed by atoms with Crippen molar-refractivity contribution in [1.82, 2.24) is 10.1 Å². The number of rotatable bonds is 6. The molecule has 1 fully saturated rings. The number of hydrogen-bond donors (Lipinski definition) is 0. The Labute approximate surface area is 143 Å². The molecule has 2 heterocycles. The zero-order valence-corrected chi connectivity index (χ0v) is 14.9. The summed E-state index contributed by atoms with van der Waals surface area (Å²) in [5.41, 5.74) is 2.26. The number of aromatic nitrogens is 1. The Morgan fingerprint density at radius 2 is 2.12 bits per heavy atom. The quantitative estimate of drug-likeness (QED) is 0.797. The molecule has 1 atom stereocenters. The Kier molecular flexibility index (Phi) is 5.09. The Hall–Kier alpha value is -2.01. The standard InChI is InChI=1S/C19H26N2O3/c1-13(2)23-18-8-7-15(11-19(18)22-4)12-21-9-5-6-17(21)16-10-14(3)24-20-16/h7-8,10-11,13,17H,5-6,9,12H2,1-4H3. The molecule has 1 aromatic heterocycles. The summed E-state index contributed by atoms with van der Waals surface area (Å²) in [5, 5.41) is 4.21. The zero-order chi connectivity index (χ0) is 17.1. The van der Waals surface area contributed by atoms with Crippen LogP contribution in [0.15, 0.2) is 28.8 Å². The number of benzene rings is 1. The number of nitrogens with zero attached hydrogens (tertiary/aromatic N) is 2. The predicted octanol–water partition coefficient (Wildman–Crippen LogP) is 4.12. The molecule has 1 aliphatic heterocycles. The molecule has 1 aliphatic rings. The summed E-state index contributed by atoms with van der Waals surface area (Å²) in [6.45, 7) is 7.91. The van der Waals surface area contributed by atoms with Crippen LogP contribution in [-0.2, 0) is 6.54 Å². The van der Waals surface area contributed by atoms with Gasteiger partial charge in [-0.2, -0.15) is 0 Å². The summed E-state index contributed by atoms with van der Waals surface area (Å²) < 4.78 is 16.5. The van der Waals surface area contributed by atoms with Gasteiger partial charge in [-0.25, -0.2) is 0 Å². The van der Waals surface area contributed by atoms with Crippen LogP contribution < -0.4 is 9.47 Å². The highest BCUT2D eigenvalue weighted by atomic mass is 16.5. The van der Waals surface area contributed by atoms with Gasteiger partial charge in [-0.1, -0.05) is 11.2 Å². The lowest BCUT2D eigenvalue weighted by atomic mass is 10.1. The molecular weight excluding hydrogens is 304 g/mol. The molecular formula is C19H26N2O3. The largest absolute Gasteiger partial charge is 0.493 e. The van der Waals surface area contributed by atoms with Crippen LogP contribution in [0.1, 0.15) is 49.7 Å². The molecule has 0 amide bonds. The van der Waals surface area contributed by atoms with Gasteiger partial charge in [-0.15, -0.1) is 0 Å². The van der Waals surface area contributed by atoms with E-state index in [1.54, 1.807) is 7.11 Å². The van der Waals surface area contributed by atoms with Crippen LogP contribution in [0.5, 0.6) is 11.5 Å². The third kappa shape index (κ3) is 3.73. The van der Waals surface area contributed by atoms with E-state index in [9.17, 15) is 0 Å².